The van der Waals surface area contributed by atoms with Gasteiger partial charge in [-0.15, -0.1) is 0 Å². The van der Waals surface area contributed by atoms with Crippen LogP contribution in [0, 0.1) is 0 Å². The monoisotopic (exact) mass is 1620 g/mol. The molecule has 0 aromatic heterocycles. The van der Waals surface area contributed by atoms with Gasteiger partial charge in [0, 0.05) is 0 Å². The molecule has 0 N–H and O–H groups in total. The molecule has 125 heavy (non-hydrogen) atoms. The third-order valence-electron chi connectivity index (χ3n) is 32.0. The molecule has 0 fully saturated rings. The fourth-order valence-electron chi connectivity index (χ4n) is 25.1. The molecule has 0 saturated carbocycles. The summed E-state index contributed by atoms with van der Waals surface area (Å²) in [7, 11) is 0. The van der Waals surface area contributed by atoms with Gasteiger partial charge in [-0.05, 0) is 514 Å². The zero-order valence-electron chi connectivity index (χ0n) is 79.3. The quantitative estimate of drug-likeness (QED) is 0.124. The number of ether oxygens (including phenoxy) is 1. The fourth-order valence-corrected chi connectivity index (χ4v) is 25.1. The van der Waals surface area contributed by atoms with Crippen LogP contribution in [-0.2, 0) is 54.1 Å². The first-order valence-electron chi connectivity index (χ1n) is 46.8. The summed E-state index contributed by atoms with van der Waals surface area (Å²) in [5.41, 5.74) is 12.0. The van der Waals surface area contributed by atoms with E-state index >= 15 is 0 Å². The van der Waals surface area contributed by atoms with Crippen molar-refractivity contribution in [2.45, 2.75) is 262 Å². The van der Waals surface area contributed by atoms with Crippen molar-refractivity contribution in [3.05, 3.63) is 201 Å². The van der Waals surface area contributed by atoms with Gasteiger partial charge in [-0.25, -0.2) is 0 Å². The average molecular weight is 1620 g/mol. The Morgan fingerprint density at radius 1 is 0.104 bits per heavy atom. The number of rotatable bonds is 2. The van der Waals surface area contributed by atoms with Crippen LogP contribution >= 0.6 is 0 Å². The van der Waals surface area contributed by atoms with E-state index in [1.165, 1.54) is 314 Å². The molecule has 0 bridgehead atoms. The van der Waals surface area contributed by atoms with Crippen molar-refractivity contribution < 1.29 is 4.74 Å². The van der Waals surface area contributed by atoms with Crippen molar-refractivity contribution in [2.24, 2.45) is 0 Å². The molecule has 26 aromatic rings. The summed E-state index contributed by atoms with van der Waals surface area (Å²) in [5.74, 6) is 1.71. The summed E-state index contributed by atoms with van der Waals surface area (Å²) in [6.07, 6.45) is 0. The summed E-state index contributed by atoms with van der Waals surface area (Å²) in [4.78, 5) is 0. The van der Waals surface area contributed by atoms with Crippen molar-refractivity contribution in [3.63, 3.8) is 0 Å². The van der Waals surface area contributed by atoms with Gasteiger partial charge in [-0.3, -0.25) is 0 Å². The molecule has 0 atom stereocenters. The van der Waals surface area contributed by atoms with Crippen LogP contribution < -0.4 is 4.74 Å². The molecule has 26 aromatic carbocycles. The van der Waals surface area contributed by atoms with Crippen molar-refractivity contribution in [1.29, 1.82) is 0 Å². The minimum Gasteiger partial charge on any atom is -0.457 e. The zero-order valence-corrected chi connectivity index (χ0v) is 79.3. The van der Waals surface area contributed by atoms with Crippen molar-refractivity contribution in [3.8, 4) is 11.5 Å². The minimum atomic E-state index is -0.197. The predicted molar refractivity (Wildman–Crippen MR) is 554 cm³/mol. The molecule has 0 aliphatic carbocycles. The summed E-state index contributed by atoms with van der Waals surface area (Å²) in [6.45, 7) is 73.0. The van der Waals surface area contributed by atoms with Crippen LogP contribution in [0.1, 0.15) is 263 Å². The molecule has 616 valence electrons. The van der Waals surface area contributed by atoms with E-state index in [2.05, 4.69) is 353 Å². The molecule has 0 saturated heterocycles. The van der Waals surface area contributed by atoms with Crippen molar-refractivity contribution in [2.75, 3.05) is 0 Å². The van der Waals surface area contributed by atoms with Crippen LogP contribution in [0.3, 0.4) is 0 Å². The molecule has 1 nitrogen and oxygen atoms in total. The molecular weight excluding hydrogens is 1510 g/mol. The van der Waals surface area contributed by atoms with E-state index in [0.717, 1.165) is 11.5 Å². The molecule has 0 amide bonds. The second kappa shape index (κ2) is 21.9. The molecule has 0 aliphatic rings. The van der Waals surface area contributed by atoms with Crippen LogP contribution in [0.2, 0.25) is 0 Å². The first kappa shape index (κ1) is 75.2. The largest absolute Gasteiger partial charge is 0.457 e. The van der Waals surface area contributed by atoms with Crippen LogP contribution in [0.4, 0.5) is 0 Å². The van der Waals surface area contributed by atoms with Crippen LogP contribution in [0.5, 0.6) is 11.5 Å². The van der Waals surface area contributed by atoms with E-state index in [1.807, 2.05) is 0 Å². The van der Waals surface area contributed by atoms with Gasteiger partial charge < -0.3 is 4.74 Å². The maximum atomic E-state index is 8.42. The lowest BCUT2D eigenvalue weighted by Gasteiger charge is -2.33. The molecule has 0 radical (unpaired) electrons. The van der Waals surface area contributed by atoms with E-state index in [0.29, 0.717) is 0 Å². The molecule has 1 heteroatoms. The third kappa shape index (κ3) is 9.18. The Hall–Kier alpha value is -11.1. The molecule has 0 aliphatic heterocycles. The highest BCUT2D eigenvalue weighted by Crippen LogP contribution is 2.67. The predicted octanol–water partition coefficient (Wildman–Crippen LogP) is 37.4. The zero-order chi connectivity index (χ0) is 87.3. The van der Waals surface area contributed by atoms with Gasteiger partial charge >= 0.3 is 0 Å². The second-order valence-corrected chi connectivity index (χ2v) is 50.4. The lowest BCUT2D eigenvalue weighted by atomic mass is 9.70. The Morgan fingerprint density at radius 2 is 0.176 bits per heavy atom. The molecule has 0 spiro atoms. The van der Waals surface area contributed by atoms with Gasteiger partial charge in [0.2, 0.25) is 0 Å². The standard InChI is InChI=1S/C124H114O/c1-115(2,3)55-31-67-71-35-57(117(7,8)9)39-75-79-43-61(121(19,20)21)47-83-87-51-65(52-88-84-48-62(122(22,23)24)44-80-76-40-58(118(10,11)12)36-72-68(32-55)91(67)103-105(93(71)75)109(97(79)83)113(101(87)88)110(98(80)84)106(103)94(72)76)125-66-53-89-85-49-63(123(25,26)27)45-81-77-41-59(119(13,14)15)37-73-69-33-56(116(4,5)6)34-70-74-38-60(120(16,17)18)42-78-82-46-64(124(28,29)30)50-86-90(54-66)102(89)114-111(99(81)85)107(95(73)77)104(92(69)70)108(96(74)78)112(114)100(82)86/h31-54H,1-30H3. The Morgan fingerprint density at radius 3 is 0.248 bits per heavy atom. The Labute approximate surface area is 732 Å². The maximum Gasteiger partial charge on any atom is 0.128 e. The van der Waals surface area contributed by atoms with Gasteiger partial charge in [-0.1, -0.05) is 208 Å². The second-order valence-electron chi connectivity index (χ2n) is 50.4. The molecule has 26 rings (SSSR count). The highest BCUT2D eigenvalue weighted by Gasteiger charge is 2.40. The summed E-state index contributed by atoms with van der Waals surface area (Å²) in [5, 5.41) is 65.9. The average Bonchev–Trinajstić information content (AvgIpc) is 0.643. The summed E-state index contributed by atoms with van der Waals surface area (Å²) >= 11 is 0. The molecular formula is C124H114O. The minimum absolute atomic E-state index is 0.119. The summed E-state index contributed by atoms with van der Waals surface area (Å²) in [6, 6.07) is 63.0. The topological polar surface area (TPSA) is 9.23 Å². The Kier molecular flexibility index (Phi) is 13.2. The molecule has 0 heterocycles. The van der Waals surface area contributed by atoms with E-state index in [4.69, 9.17) is 4.74 Å². The Balaban J connectivity index is 0.884. The van der Waals surface area contributed by atoms with Gasteiger partial charge in [0.05, 0.1) is 0 Å². The van der Waals surface area contributed by atoms with Gasteiger partial charge in [-0.2, -0.15) is 0 Å². The van der Waals surface area contributed by atoms with Crippen molar-refractivity contribution >= 4 is 259 Å². The highest BCUT2D eigenvalue weighted by atomic mass is 16.5. The highest BCUT2D eigenvalue weighted by molar-refractivity contribution is 6.64. The lowest BCUT2D eigenvalue weighted by Crippen LogP contribution is -2.14. The van der Waals surface area contributed by atoms with Gasteiger partial charge in [0.25, 0.3) is 0 Å². The van der Waals surface area contributed by atoms with Crippen LogP contribution in [0.15, 0.2) is 146 Å². The summed E-state index contributed by atoms with van der Waals surface area (Å²) < 4.78 is 8.42. The number of hydrogen-bond donors (Lipinski definition) is 0. The van der Waals surface area contributed by atoms with E-state index < -0.39 is 0 Å². The lowest BCUT2D eigenvalue weighted by molar-refractivity contribution is 0.485. The molecule has 0 unspecified atom stereocenters. The first-order valence-corrected chi connectivity index (χ1v) is 46.8. The van der Waals surface area contributed by atoms with Crippen LogP contribution in [-0.4, -0.2) is 0 Å². The number of benzene rings is 26. The van der Waals surface area contributed by atoms with E-state index in [-0.39, 0.29) is 54.1 Å². The fraction of sp³-hybridized carbons (Fsp3) is 0.323. The van der Waals surface area contributed by atoms with E-state index in [1.54, 1.807) is 0 Å². The smallest absolute Gasteiger partial charge is 0.128 e. The van der Waals surface area contributed by atoms with Crippen molar-refractivity contribution in [1.82, 2.24) is 0 Å². The SMILES string of the molecule is CC(C)(C)c1cc2c3cc(Oc4cc5c6cc(C(C)(C)C)cc7c8cc(C(C)(C)C)cc9c%10cc(C(C)(C)C)cc%11c%12cc(C(C)(C)C)cc%13c%14cc(C(C)(C)C)cc%15c(c4)c5c4c(c67)c(c89)c(c%10%11)c(c%13%12)c4c%15%14)cc4c5cc(C(C)(C)C)cc6c7cc(C(C)(C)C)cc8c9cc(C(C)(C)C)cc%10c%11cc(C(C)(C)C)cc%12c(c1)c2c1c(c34)c(c56)c(c78)c(c%109)c1c%12%11. The third-order valence-corrected chi connectivity index (χ3v) is 32.0. The van der Waals surface area contributed by atoms with Gasteiger partial charge in [0.15, 0.2) is 0 Å². The Bertz CT molecular complexity index is 8290. The normalized spacial score (nSPS) is 14.8. The van der Waals surface area contributed by atoms with Gasteiger partial charge in [0.1, 0.15) is 11.5 Å². The van der Waals surface area contributed by atoms with E-state index in [9.17, 15) is 0 Å². The van der Waals surface area contributed by atoms with Crippen LogP contribution in [0.25, 0.3) is 259 Å². The maximum absolute atomic E-state index is 8.42. The number of fused-ring (bicyclic) bond motifs is 12. The number of hydrogen-bond acceptors (Lipinski definition) is 1. The first-order chi connectivity index (χ1) is 58.3.